The first-order valence-electron chi connectivity index (χ1n) is 9.86. The molecule has 0 saturated heterocycles. The van der Waals surface area contributed by atoms with E-state index in [-0.39, 0.29) is 5.97 Å². The first-order valence-corrected chi connectivity index (χ1v) is 10.7. The van der Waals surface area contributed by atoms with E-state index in [1.54, 1.807) is 6.92 Å². The summed E-state index contributed by atoms with van der Waals surface area (Å²) in [7, 11) is 0. The van der Waals surface area contributed by atoms with E-state index in [9.17, 15) is 4.79 Å². The van der Waals surface area contributed by atoms with Crippen LogP contribution in [0.25, 0.3) is 5.57 Å². The number of ether oxygens (including phenoxy) is 3. The molecule has 2 aromatic rings. The summed E-state index contributed by atoms with van der Waals surface area (Å²) in [6.45, 7) is 9.19. The van der Waals surface area contributed by atoms with Crippen molar-refractivity contribution in [2.45, 2.75) is 40.2 Å². The summed E-state index contributed by atoms with van der Waals surface area (Å²) in [6, 6.07) is 16.0. The Hall–Kier alpha value is -2.11. The van der Waals surface area contributed by atoms with E-state index in [0.29, 0.717) is 26.2 Å². The fourth-order valence-electron chi connectivity index (χ4n) is 2.83. The third-order valence-electron chi connectivity index (χ3n) is 4.63. The lowest BCUT2D eigenvalue weighted by Gasteiger charge is -2.16. The summed E-state index contributed by atoms with van der Waals surface area (Å²) in [4.78, 5) is 12.0. The molecule has 0 N–H and O–H groups in total. The van der Waals surface area contributed by atoms with E-state index in [1.807, 2.05) is 43.3 Å². The molecule has 0 aliphatic rings. The lowest BCUT2D eigenvalue weighted by Crippen LogP contribution is -2.28. The maximum absolute atomic E-state index is 12.0. The highest BCUT2D eigenvalue weighted by Crippen LogP contribution is 2.22. The van der Waals surface area contributed by atoms with Crippen LogP contribution in [0.2, 0.25) is 0 Å². The summed E-state index contributed by atoms with van der Waals surface area (Å²) in [5.41, 5.74) is 4.57. The Kier molecular flexibility index (Phi) is 9.42. The van der Waals surface area contributed by atoms with Crippen LogP contribution in [0.15, 0.2) is 58.6 Å². The molecule has 29 heavy (non-hydrogen) atoms. The smallest absolute Gasteiger partial charge is 0.335 e. The van der Waals surface area contributed by atoms with Gasteiger partial charge in [-0.15, -0.1) is 0 Å². The molecule has 0 radical (unpaired) electrons. The first kappa shape index (κ1) is 23.2. The van der Waals surface area contributed by atoms with E-state index in [4.69, 9.17) is 14.2 Å². The molecule has 0 aliphatic heterocycles. The van der Waals surface area contributed by atoms with Crippen molar-refractivity contribution in [3.8, 4) is 5.75 Å². The first-order chi connectivity index (χ1) is 13.9. The predicted octanol–water partition coefficient (Wildman–Crippen LogP) is 5.83. The molecule has 0 unspecified atom stereocenters. The minimum atomic E-state index is -0.578. The standard InChI is InChI=1S/C24H29BrO4/c1-5-27-23(24(26)28-6-2)15-19-7-13-22(14-8-19)29-16-17(3)18(4)20-9-11-21(25)12-10-20/h7-14,23H,5-6,15-16H2,1-4H3/b18-17+/t23-/m0/s1. The van der Waals surface area contributed by atoms with Crippen molar-refractivity contribution in [2.24, 2.45) is 0 Å². The van der Waals surface area contributed by atoms with Crippen LogP contribution in [0.5, 0.6) is 5.75 Å². The maximum Gasteiger partial charge on any atom is 0.335 e. The van der Waals surface area contributed by atoms with E-state index in [2.05, 4.69) is 41.9 Å². The van der Waals surface area contributed by atoms with Crippen LogP contribution in [0.1, 0.15) is 38.8 Å². The molecule has 2 rings (SSSR count). The van der Waals surface area contributed by atoms with Crippen LogP contribution < -0.4 is 4.74 Å². The zero-order valence-corrected chi connectivity index (χ0v) is 19.1. The third-order valence-corrected chi connectivity index (χ3v) is 5.16. The van der Waals surface area contributed by atoms with Gasteiger partial charge in [0.05, 0.1) is 6.61 Å². The topological polar surface area (TPSA) is 44.8 Å². The maximum atomic E-state index is 12.0. The number of rotatable bonds is 10. The molecule has 0 amide bonds. The number of allylic oxidation sites excluding steroid dienone is 1. The molecule has 0 spiro atoms. The molecular formula is C24H29BrO4. The van der Waals surface area contributed by atoms with Gasteiger partial charge in [-0.1, -0.05) is 40.2 Å². The second kappa shape index (κ2) is 11.8. The minimum absolute atomic E-state index is 0.321. The molecule has 0 saturated carbocycles. The third kappa shape index (κ3) is 7.33. The van der Waals surface area contributed by atoms with Gasteiger partial charge in [-0.05, 0) is 74.2 Å². The number of benzene rings is 2. The normalized spacial score (nSPS) is 12.9. The van der Waals surface area contributed by atoms with Crippen LogP contribution >= 0.6 is 15.9 Å². The quantitative estimate of drug-likeness (QED) is 0.418. The van der Waals surface area contributed by atoms with Crippen molar-refractivity contribution in [1.82, 2.24) is 0 Å². The Balaban J connectivity index is 1.96. The highest BCUT2D eigenvalue weighted by molar-refractivity contribution is 9.10. The highest BCUT2D eigenvalue weighted by atomic mass is 79.9. The minimum Gasteiger partial charge on any atom is -0.489 e. The number of carbonyl (C=O) groups is 1. The molecule has 2 aromatic carbocycles. The van der Waals surface area contributed by atoms with Gasteiger partial charge in [0.25, 0.3) is 0 Å². The highest BCUT2D eigenvalue weighted by Gasteiger charge is 2.20. The summed E-state index contributed by atoms with van der Waals surface area (Å²) >= 11 is 3.46. The largest absolute Gasteiger partial charge is 0.489 e. The number of halogens is 1. The van der Waals surface area contributed by atoms with Gasteiger partial charge in [0.2, 0.25) is 0 Å². The number of hydrogen-bond donors (Lipinski definition) is 0. The van der Waals surface area contributed by atoms with Gasteiger partial charge in [0, 0.05) is 17.5 Å². The molecule has 0 fully saturated rings. The molecule has 5 heteroatoms. The molecule has 156 valence electrons. The van der Waals surface area contributed by atoms with Crippen LogP contribution in [0, 0.1) is 0 Å². The fourth-order valence-corrected chi connectivity index (χ4v) is 3.09. The van der Waals surface area contributed by atoms with E-state index >= 15 is 0 Å². The van der Waals surface area contributed by atoms with Crippen molar-refractivity contribution in [3.05, 3.63) is 69.7 Å². The van der Waals surface area contributed by atoms with Gasteiger partial charge in [0.1, 0.15) is 12.4 Å². The SMILES string of the molecule is CCOC(=O)[C@H](Cc1ccc(OC/C(C)=C(\C)c2ccc(Br)cc2)cc1)OCC. The van der Waals surface area contributed by atoms with Gasteiger partial charge in [-0.2, -0.15) is 0 Å². The predicted molar refractivity (Wildman–Crippen MR) is 120 cm³/mol. The Labute approximate surface area is 182 Å². The van der Waals surface area contributed by atoms with Gasteiger partial charge >= 0.3 is 5.97 Å². The Morgan fingerprint density at radius 2 is 1.62 bits per heavy atom. The Morgan fingerprint density at radius 1 is 0.966 bits per heavy atom. The van der Waals surface area contributed by atoms with Gasteiger partial charge in [-0.25, -0.2) is 4.79 Å². The summed E-state index contributed by atoms with van der Waals surface area (Å²) in [5.74, 6) is 0.472. The number of hydrogen-bond acceptors (Lipinski definition) is 4. The second-order valence-electron chi connectivity index (χ2n) is 6.75. The lowest BCUT2D eigenvalue weighted by atomic mass is 10.0. The van der Waals surface area contributed by atoms with Gasteiger partial charge in [-0.3, -0.25) is 0 Å². The van der Waals surface area contributed by atoms with Gasteiger partial charge < -0.3 is 14.2 Å². The summed E-state index contributed by atoms with van der Waals surface area (Å²) in [5, 5.41) is 0. The van der Waals surface area contributed by atoms with E-state index in [0.717, 1.165) is 15.8 Å². The van der Waals surface area contributed by atoms with Crippen molar-refractivity contribution < 1.29 is 19.0 Å². The zero-order valence-electron chi connectivity index (χ0n) is 17.5. The van der Waals surface area contributed by atoms with E-state index < -0.39 is 6.10 Å². The van der Waals surface area contributed by atoms with Crippen LogP contribution in [-0.4, -0.2) is 31.9 Å². The molecule has 0 bridgehead atoms. The average molecular weight is 461 g/mol. The van der Waals surface area contributed by atoms with Crippen molar-refractivity contribution in [1.29, 1.82) is 0 Å². The molecule has 1 atom stereocenters. The second-order valence-corrected chi connectivity index (χ2v) is 7.66. The van der Waals surface area contributed by atoms with Crippen LogP contribution in [0.3, 0.4) is 0 Å². The molecule has 0 aliphatic carbocycles. The lowest BCUT2D eigenvalue weighted by molar-refractivity contribution is -0.156. The summed E-state index contributed by atoms with van der Waals surface area (Å²) in [6.07, 6.45) is -0.0976. The molecular weight excluding hydrogens is 432 g/mol. The number of esters is 1. The Morgan fingerprint density at radius 3 is 2.21 bits per heavy atom. The summed E-state index contributed by atoms with van der Waals surface area (Å²) < 4.78 is 17.6. The van der Waals surface area contributed by atoms with Crippen molar-refractivity contribution in [3.63, 3.8) is 0 Å². The molecule has 0 aromatic heterocycles. The Bertz CT molecular complexity index is 810. The monoisotopic (exact) mass is 460 g/mol. The van der Waals surface area contributed by atoms with Crippen molar-refractivity contribution >= 4 is 27.5 Å². The van der Waals surface area contributed by atoms with Gasteiger partial charge in [0.15, 0.2) is 6.10 Å². The molecule has 0 heterocycles. The fraction of sp³-hybridized carbons (Fsp3) is 0.375. The average Bonchev–Trinajstić information content (AvgIpc) is 2.73. The zero-order chi connectivity index (χ0) is 21.2. The molecule has 4 nitrogen and oxygen atoms in total. The van der Waals surface area contributed by atoms with Crippen LogP contribution in [-0.2, 0) is 20.7 Å². The van der Waals surface area contributed by atoms with Crippen LogP contribution in [0.4, 0.5) is 0 Å². The van der Waals surface area contributed by atoms with E-state index in [1.165, 1.54) is 16.7 Å². The van der Waals surface area contributed by atoms with Crippen molar-refractivity contribution in [2.75, 3.05) is 19.8 Å². The number of carbonyl (C=O) groups excluding carboxylic acids is 1.